The minimum atomic E-state index is -0.669. The van der Waals surface area contributed by atoms with E-state index in [0.717, 1.165) is 0 Å². The molecule has 0 aliphatic carbocycles. The van der Waals surface area contributed by atoms with Crippen molar-refractivity contribution >= 4 is 17.4 Å². The maximum atomic E-state index is 10.8. The van der Waals surface area contributed by atoms with E-state index >= 15 is 0 Å². The third-order valence-electron chi connectivity index (χ3n) is 1.24. The number of aromatic nitrogens is 1. The predicted molar refractivity (Wildman–Crippen MR) is 43.3 cm³/mol. The van der Waals surface area contributed by atoms with Gasteiger partial charge in [-0.25, -0.2) is 9.78 Å². The number of hydrogen-bond donors (Lipinski definition) is 1. The molecule has 1 aromatic heterocycles. The Hall–Kier alpha value is -1.36. The average Bonchev–Trinajstić information content (AvgIpc) is 2.03. The van der Waals surface area contributed by atoms with Gasteiger partial charge in [0.25, 0.3) is 0 Å². The lowest BCUT2D eigenvalue weighted by Crippen LogP contribution is -2.08. The summed E-state index contributed by atoms with van der Waals surface area (Å²) >= 11 is 5.40. The van der Waals surface area contributed by atoms with E-state index in [4.69, 9.17) is 11.6 Å². The number of nitrogens with one attached hydrogen (secondary N) is 1. The lowest BCUT2D eigenvalue weighted by atomic mass is 10.3. The minimum Gasteiger partial charge on any atom is -0.358 e. The molecule has 6 heteroatoms. The molecular weight excluding hydrogens is 184 g/mol. The van der Waals surface area contributed by atoms with Crippen molar-refractivity contribution < 1.29 is 4.92 Å². The maximum absolute atomic E-state index is 10.8. The van der Waals surface area contributed by atoms with E-state index in [-0.39, 0.29) is 11.7 Å². The molecule has 0 spiro atoms. The number of nitro groups is 1. The van der Waals surface area contributed by atoms with Crippen molar-refractivity contribution in [2.24, 2.45) is 0 Å². The van der Waals surface area contributed by atoms with Crippen molar-refractivity contribution in [2.45, 2.75) is 5.88 Å². The van der Waals surface area contributed by atoms with Gasteiger partial charge in [-0.3, -0.25) is 0 Å². The van der Waals surface area contributed by atoms with Gasteiger partial charge in [0.2, 0.25) is 0 Å². The summed E-state index contributed by atoms with van der Waals surface area (Å²) in [6, 6.07) is 2.45. The lowest BCUT2D eigenvalue weighted by molar-refractivity contribution is -0.389. The van der Waals surface area contributed by atoms with Crippen LogP contribution >= 0.6 is 11.6 Å². The Balaban J connectivity index is 3.24. The first-order valence-corrected chi connectivity index (χ1v) is 3.60. The van der Waals surface area contributed by atoms with E-state index < -0.39 is 10.5 Å². The second-order valence-corrected chi connectivity index (χ2v) is 2.40. The second-order valence-electron chi connectivity index (χ2n) is 2.13. The van der Waals surface area contributed by atoms with Crippen molar-refractivity contribution in [1.29, 1.82) is 0 Å². The van der Waals surface area contributed by atoms with Gasteiger partial charge in [-0.15, -0.1) is 11.6 Å². The Labute approximate surface area is 72.1 Å². The van der Waals surface area contributed by atoms with Gasteiger partial charge in [-0.05, 0) is 10.5 Å². The van der Waals surface area contributed by atoms with Gasteiger partial charge in [-0.1, -0.05) is 0 Å². The summed E-state index contributed by atoms with van der Waals surface area (Å²) in [6.45, 7) is 0. The van der Waals surface area contributed by atoms with Crippen LogP contribution in [0.3, 0.4) is 0 Å². The molecule has 64 valence electrons. The van der Waals surface area contributed by atoms with E-state index in [1.54, 1.807) is 0 Å². The molecule has 1 N–H and O–H groups in total. The van der Waals surface area contributed by atoms with Crippen molar-refractivity contribution in [2.75, 3.05) is 0 Å². The topological polar surface area (TPSA) is 76.0 Å². The normalized spacial score (nSPS) is 9.75. The molecule has 0 amide bonds. The Morgan fingerprint density at radius 1 is 1.58 bits per heavy atom. The SMILES string of the molecule is O=c1cc(CCl)cc([N+](=O)[O-])[nH]1. The zero-order chi connectivity index (χ0) is 9.14. The van der Waals surface area contributed by atoms with Crippen LogP contribution in [-0.2, 0) is 5.88 Å². The van der Waals surface area contributed by atoms with Gasteiger partial charge in [-0.2, -0.15) is 0 Å². The first-order chi connectivity index (χ1) is 5.63. The highest BCUT2D eigenvalue weighted by atomic mass is 35.5. The molecule has 0 radical (unpaired) electrons. The van der Waals surface area contributed by atoms with Gasteiger partial charge in [0, 0.05) is 18.0 Å². The number of hydrogen-bond acceptors (Lipinski definition) is 3. The first kappa shape index (κ1) is 8.73. The summed E-state index contributed by atoms with van der Waals surface area (Å²) in [5, 5.41) is 10.2. The van der Waals surface area contributed by atoms with Crippen molar-refractivity contribution in [3.05, 3.63) is 38.2 Å². The van der Waals surface area contributed by atoms with Crippen LogP contribution in [0.15, 0.2) is 16.9 Å². The monoisotopic (exact) mass is 188 g/mol. The number of halogens is 1. The third kappa shape index (κ3) is 1.82. The van der Waals surface area contributed by atoms with Gasteiger partial charge in [0.05, 0.1) is 0 Å². The van der Waals surface area contributed by atoms with Crippen LogP contribution < -0.4 is 5.56 Å². The van der Waals surface area contributed by atoms with Crippen LogP contribution in [0, 0.1) is 10.1 Å². The highest BCUT2D eigenvalue weighted by molar-refractivity contribution is 6.17. The van der Waals surface area contributed by atoms with Crippen LogP contribution in [0.1, 0.15) is 5.56 Å². The Morgan fingerprint density at radius 2 is 2.25 bits per heavy atom. The lowest BCUT2D eigenvalue weighted by Gasteiger charge is -1.94. The third-order valence-corrected chi connectivity index (χ3v) is 1.55. The fourth-order valence-electron chi connectivity index (χ4n) is 0.760. The quantitative estimate of drug-likeness (QED) is 0.428. The van der Waals surface area contributed by atoms with E-state index in [1.165, 1.54) is 12.1 Å². The summed E-state index contributed by atoms with van der Waals surface area (Å²) in [5.41, 5.74) is -0.0769. The van der Waals surface area contributed by atoms with Crippen LogP contribution in [0.5, 0.6) is 0 Å². The van der Waals surface area contributed by atoms with E-state index in [0.29, 0.717) is 5.56 Å². The summed E-state index contributed by atoms with van der Waals surface area (Å²) in [7, 11) is 0. The maximum Gasteiger partial charge on any atom is 0.332 e. The molecule has 12 heavy (non-hydrogen) atoms. The molecule has 0 aromatic carbocycles. The first-order valence-electron chi connectivity index (χ1n) is 3.07. The number of alkyl halides is 1. The number of pyridine rings is 1. The molecule has 0 atom stereocenters. The summed E-state index contributed by atoms with van der Waals surface area (Å²) in [5.74, 6) is -0.247. The van der Waals surface area contributed by atoms with Gasteiger partial charge in [0.1, 0.15) is 0 Å². The number of H-pyrrole nitrogens is 1. The van der Waals surface area contributed by atoms with Gasteiger partial charge >= 0.3 is 11.4 Å². The van der Waals surface area contributed by atoms with Crippen LogP contribution in [0.25, 0.3) is 0 Å². The standard InChI is InChI=1S/C6H5ClN2O3/c7-3-4-1-5(9(11)12)8-6(10)2-4/h1-2H,3H2,(H,8,10). The van der Waals surface area contributed by atoms with E-state index in [9.17, 15) is 14.9 Å². The average molecular weight is 189 g/mol. The largest absolute Gasteiger partial charge is 0.358 e. The van der Waals surface area contributed by atoms with Gasteiger partial charge < -0.3 is 10.1 Å². The van der Waals surface area contributed by atoms with Crippen molar-refractivity contribution in [1.82, 2.24) is 4.98 Å². The summed E-state index contributed by atoms with van der Waals surface area (Å²) in [6.07, 6.45) is 0. The molecule has 0 saturated heterocycles. The molecule has 0 unspecified atom stereocenters. The number of rotatable bonds is 2. The van der Waals surface area contributed by atoms with Gasteiger partial charge in [0.15, 0.2) is 0 Å². The number of aromatic amines is 1. The molecule has 0 saturated carbocycles. The Morgan fingerprint density at radius 3 is 2.75 bits per heavy atom. The summed E-state index contributed by atoms with van der Waals surface area (Å²) < 4.78 is 0. The fraction of sp³-hybridized carbons (Fsp3) is 0.167. The minimum absolute atomic E-state index is 0.0881. The molecule has 1 heterocycles. The van der Waals surface area contributed by atoms with Crippen LogP contribution in [-0.4, -0.2) is 9.91 Å². The molecular formula is C6H5ClN2O3. The Kier molecular flexibility index (Phi) is 2.44. The molecule has 0 fully saturated rings. The van der Waals surface area contributed by atoms with E-state index in [1.807, 2.05) is 0 Å². The molecule has 0 bridgehead atoms. The van der Waals surface area contributed by atoms with Crippen LogP contribution in [0.4, 0.5) is 5.82 Å². The van der Waals surface area contributed by atoms with Crippen LogP contribution in [0.2, 0.25) is 0 Å². The number of nitrogens with zero attached hydrogens (tertiary/aromatic N) is 1. The highest BCUT2D eigenvalue weighted by Gasteiger charge is 2.06. The Bertz CT molecular complexity index is 360. The molecule has 0 aliphatic rings. The zero-order valence-electron chi connectivity index (χ0n) is 5.91. The highest BCUT2D eigenvalue weighted by Crippen LogP contribution is 2.08. The van der Waals surface area contributed by atoms with E-state index in [2.05, 4.69) is 4.98 Å². The summed E-state index contributed by atoms with van der Waals surface area (Å²) in [4.78, 5) is 22.4. The second kappa shape index (κ2) is 3.36. The molecule has 0 aliphatic heterocycles. The van der Waals surface area contributed by atoms with Crippen molar-refractivity contribution in [3.8, 4) is 0 Å². The predicted octanol–water partition coefficient (Wildman–Crippen LogP) is 1.02. The molecule has 5 nitrogen and oxygen atoms in total. The fourth-order valence-corrected chi connectivity index (χ4v) is 0.914. The smallest absolute Gasteiger partial charge is 0.332 e. The molecule has 1 rings (SSSR count). The van der Waals surface area contributed by atoms with Crippen molar-refractivity contribution in [3.63, 3.8) is 0 Å². The molecule has 1 aromatic rings. The zero-order valence-corrected chi connectivity index (χ0v) is 6.67.